The van der Waals surface area contributed by atoms with Crippen molar-refractivity contribution in [2.45, 2.75) is 19.9 Å². The van der Waals surface area contributed by atoms with Gasteiger partial charge in [-0.05, 0) is 42.5 Å². The Bertz CT molecular complexity index is 306. The SMILES string of the molecule is CC(C)N=C(NN)c1csc(I)c1. The highest BCUT2D eigenvalue weighted by Crippen LogP contribution is 2.16. The summed E-state index contributed by atoms with van der Waals surface area (Å²) < 4.78 is 1.24. The second-order valence-electron chi connectivity index (χ2n) is 2.86. The summed E-state index contributed by atoms with van der Waals surface area (Å²) in [6.07, 6.45) is 0. The van der Waals surface area contributed by atoms with Gasteiger partial charge in [0.05, 0.1) is 2.88 Å². The van der Waals surface area contributed by atoms with Crippen LogP contribution in [0, 0.1) is 2.88 Å². The van der Waals surface area contributed by atoms with E-state index in [4.69, 9.17) is 5.84 Å². The quantitative estimate of drug-likeness (QED) is 0.288. The molecule has 3 N–H and O–H groups in total. The standard InChI is InChI=1S/C8H12IN3S/c1-5(2)11-8(12-10)6-3-7(9)13-4-6/h3-5H,10H2,1-2H3,(H,11,12). The molecule has 1 aromatic heterocycles. The molecule has 13 heavy (non-hydrogen) atoms. The summed E-state index contributed by atoms with van der Waals surface area (Å²) in [6, 6.07) is 2.32. The number of hydrogen-bond acceptors (Lipinski definition) is 3. The fourth-order valence-electron chi connectivity index (χ4n) is 0.888. The Labute approximate surface area is 95.5 Å². The first kappa shape index (κ1) is 10.9. The van der Waals surface area contributed by atoms with Gasteiger partial charge in [0.1, 0.15) is 5.84 Å². The second kappa shape index (κ2) is 4.92. The third-order valence-corrected chi connectivity index (χ3v) is 3.15. The lowest BCUT2D eigenvalue weighted by atomic mass is 10.3. The zero-order chi connectivity index (χ0) is 9.84. The van der Waals surface area contributed by atoms with Crippen molar-refractivity contribution < 1.29 is 0 Å². The lowest BCUT2D eigenvalue weighted by Crippen LogP contribution is -2.31. The van der Waals surface area contributed by atoms with Gasteiger partial charge in [0.25, 0.3) is 0 Å². The highest BCUT2D eigenvalue weighted by molar-refractivity contribution is 14.1. The van der Waals surface area contributed by atoms with Gasteiger partial charge in [0.2, 0.25) is 0 Å². The molecule has 0 amide bonds. The van der Waals surface area contributed by atoms with Crippen LogP contribution in [0.15, 0.2) is 16.4 Å². The maximum Gasteiger partial charge on any atom is 0.143 e. The van der Waals surface area contributed by atoms with Crippen molar-refractivity contribution in [1.29, 1.82) is 0 Å². The monoisotopic (exact) mass is 309 g/mol. The van der Waals surface area contributed by atoms with E-state index in [1.54, 1.807) is 11.3 Å². The van der Waals surface area contributed by atoms with Crippen LogP contribution in [0.1, 0.15) is 19.4 Å². The minimum absolute atomic E-state index is 0.253. The Morgan fingerprint density at radius 1 is 1.69 bits per heavy atom. The first-order chi connectivity index (χ1) is 6.13. The number of aliphatic imine (C=N–C) groups is 1. The molecular weight excluding hydrogens is 297 g/mol. The third-order valence-electron chi connectivity index (χ3n) is 1.36. The van der Waals surface area contributed by atoms with E-state index in [1.807, 2.05) is 19.2 Å². The van der Waals surface area contributed by atoms with Crippen LogP contribution in [0.2, 0.25) is 0 Å². The van der Waals surface area contributed by atoms with Gasteiger partial charge in [-0.2, -0.15) is 0 Å². The molecule has 0 aliphatic carbocycles. The average Bonchev–Trinajstić information content (AvgIpc) is 2.47. The van der Waals surface area contributed by atoms with Crippen LogP contribution in [0.5, 0.6) is 0 Å². The Kier molecular flexibility index (Phi) is 4.14. The molecule has 1 heterocycles. The van der Waals surface area contributed by atoms with Gasteiger partial charge in [-0.3, -0.25) is 4.99 Å². The first-order valence-electron chi connectivity index (χ1n) is 3.92. The molecule has 0 unspecified atom stereocenters. The van der Waals surface area contributed by atoms with Crippen LogP contribution in [0.25, 0.3) is 0 Å². The molecule has 1 rings (SSSR count). The number of hydrazine groups is 1. The molecule has 0 fully saturated rings. The summed E-state index contributed by atoms with van der Waals surface area (Å²) in [5.41, 5.74) is 3.68. The van der Waals surface area contributed by atoms with Gasteiger partial charge in [-0.25, -0.2) is 5.84 Å². The summed E-state index contributed by atoms with van der Waals surface area (Å²) in [4.78, 5) is 4.36. The lowest BCUT2D eigenvalue weighted by molar-refractivity contribution is 0.820. The fourth-order valence-corrected chi connectivity index (χ4v) is 2.22. The highest BCUT2D eigenvalue weighted by atomic mass is 127. The number of rotatable bonds is 2. The van der Waals surface area contributed by atoms with Crippen molar-refractivity contribution in [2.24, 2.45) is 10.8 Å². The number of nitrogens with one attached hydrogen (secondary N) is 1. The van der Waals surface area contributed by atoms with Gasteiger partial charge < -0.3 is 5.43 Å². The van der Waals surface area contributed by atoms with Gasteiger partial charge in [-0.1, -0.05) is 0 Å². The van der Waals surface area contributed by atoms with E-state index < -0.39 is 0 Å². The second-order valence-corrected chi connectivity index (χ2v) is 5.66. The summed E-state index contributed by atoms with van der Waals surface area (Å²) in [7, 11) is 0. The summed E-state index contributed by atoms with van der Waals surface area (Å²) in [6.45, 7) is 4.04. The number of amidine groups is 1. The maximum absolute atomic E-state index is 5.38. The zero-order valence-corrected chi connectivity index (χ0v) is 10.5. The predicted octanol–water partition coefficient (Wildman–Crippen LogP) is 1.97. The summed E-state index contributed by atoms with van der Waals surface area (Å²) in [5.74, 6) is 6.14. The highest BCUT2D eigenvalue weighted by Gasteiger charge is 2.04. The van der Waals surface area contributed by atoms with Crippen molar-refractivity contribution >= 4 is 39.8 Å². The van der Waals surface area contributed by atoms with Gasteiger partial charge in [0, 0.05) is 17.0 Å². The molecule has 0 aliphatic heterocycles. The van der Waals surface area contributed by atoms with Crippen LogP contribution in [-0.2, 0) is 0 Å². The van der Waals surface area contributed by atoms with E-state index in [1.165, 1.54) is 2.88 Å². The van der Waals surface area contributed by atoms with Gasteiger partial charge >= 0.3 is 0 Å². The van der Waals surface area contributed by atoms with Crippen LogP contribution < -0.4 is 11.3 Å². The molecule has 0 saturated carbocycles. The minimum Gasteiger partial charge on any atom is -0.308 e. The molecule has 72 valence electrons. The Balaban J connectivity index is 2.90. The van der Waals surface area contributed by atoms with Crippen molar-refractivity contribution in [3.05, 3.63) is 19.9 Å². The Morgan fingerprint density at radius 2 is 2.38 bits per heavy atom. The van der Waals surface area contributed by atoms with Crippen LogP contribution >= 0.6 is 33.9 Å². The van der Waals surface area contributed by atoms with Crippen LogP contribution in [0.3, 0.4) is 0 Å². The van der Waals surface area contributed by atoms with Gasteiger partial charge in [-0.15, -0.1) is 11.3 Å². The number of nitrogens with two attached hydrogens (primary N) is 1. The third kappa shape index (κ3) is 3.24. The molecule has 0 aromatic carbocycles. The number of thiophene rings is 1. The molecule has 5 heteroatoms. The largest absolute Gasteiger partial charge is 0.308 e. The molecule has 3 nitrogen and oxygen atoms in total. The van der Waals surface area contributed by atoms with E-state index in [9.17, 15) is 0 Å². The summed E-state index contributed by atoms with van der Waals surface area (Å²) >= 11 is 3.96. The molecular formula is C8H12IN3S. The van der Waals surface area contributed by atoms with Gasteiger partial charge in [0.15, 0.2) is 0 Å². The summed E-state index contributed by atoms with van der Waals surface area (Å²) in [5, 5.41) is 2.04. The van der Waals surface area contributed by atoms with E-state index in [0.29, 0.717) is 0 Å². The fraction of sp³-hybridized carbons (Fsp3) is 0.375. The van der Waals surface area contributed by atoms with E-state index in [0.717, 1.165) is 11.4 Å². The molecule has 0 spiro atoms. The van der Waals surface area contributed by atoms with E-state index in [-0.39, 0.29) is 6.04 Å². The smallest absolute Gasteiger partial charge is 0.143 e. The van der Waals surface area contributed by atoms with Crippen LogP contribution in [-0.4, -0.2) is 11.9 Å². The van der Waals surface area contributed by atoms with Crippen molar-refractivity contribution in [1.82, 2.24) is 5.43 Å². The first-order valence-corrected chi connectivity index (χ1v) is 5.88. The van der Waals surface area contributed by atoms with Crippen molar-refractivity contribution in [3.8, 4) is 0 Å². The van der Waals surface area contributed by atoms with Crippen molar-refractivity contribution in [2.75, 3.05) is 0 Å². The van der Waals surface area contributed by atoms with E-state index >= 15 is 0 Å². The average molecular weight is 309 g/mol. The molecule has 0 radical (unpaired) electrons. The number of halogens is 1. The number of hydrogen-bond donors (Lipinski definition) is 2. The number of nitrogens with zero attached hydrogens (tertiary/aromatic N) is 1. The van der Waals surface area contributed by atoms with Crippen LogP contribution in [0.4, 0.5) is 0 Å². The Morgan fingerprint density at radius 3 is 2.77 bits per heavy atom. The molecule has 0 bridgehead atoms. The predicted molar refractivity (Wildman–Crippen MR) is 66.0 cm³/mol. The lowest BCUT2D eigenvalue weighted by Gasteiger charge is -2.04. The van der Waals surface area contributed by atoms with E-state index in [2.05, 4.69) is 39.1 Å². The molecule has 1 aromatic rings. The Hall–Kier alpha value is -0.140. The topological polar surface area (TPSA) is 50.4 Å². The maximum atomic E-state index is 5.38. The molecule has 0 aliphatic rings. The zero-order valence-electron chi connectivity index (χ0n) is 7.54. The minimum atomic E-state index is 0.253. The molecule has 0 atom stereocenters. The molecule has 0 saturated heterocycles. The normalized spacial score (nSPS) is 12.2. The van der Waals surface area contributed by atoms with Crippen molar-refractivity contribution in [3.63, 3.8) is 0 Å².